The topological polar surface area (TPSA) is 34.1 Å². The zero-order chi connectivity index (χ0) is 14.7. The molecule has 2 nitrogen and oxygen atoms in total. The maximum absolute atomic E-state index is 12.9. The monoisotopic (exact) mass is 300 g/mol. The highest BCUT2D eigenvalue weighted by Crippen LogP contribution is 2.37. The first-order chi connectivity index (χ1) is 10.2. The van der Waals surface area contributed by atoms with E-state index in [0.29, 0.717) is 15.7 Å². The first-order valence-corrected chi connectivity index (χ1v) is 9.07. The van der Waals surface area contributed by atoms with Crippen LogP contribution in [0.1, 0.15) is 43.6 Å². The molecule has 3 heteroatoms. The summed E-state index contributed by atoms with van der Waals surface area (Å²) < 4.78 is 25.8. The third kappa shape index (κ3) is 2.88. The van der Waals surface area contributed by atoms with Crippen molar-refractivity contribution in [2.45, 2.75) is 47.8 Å². The van der Waals surface area contributed by atoms with Crippen LogP contribution in [0.4, 0.5) is 0 Å². The SMILES string of the molecule is O=S(=O)(c1ccccc1)c1ccccc1C1CCCCC1. The largest absolute Gasteiger partial charge is 0.219 e. The number of benzene rings is 2. The molecule has 0 aromatic heterocycles. The van der Waals surface area contributed by atoms with Crippen molar-refractivity contribution in [1.82, 2.24) is 0 Å². The lowest BCUT2D eigenvalue weighted by molar-refractivity contribution is 0.438. The third-order valence-electron chi connectivity index (χ3n) is 4.31. The van der Waals surface area contributed by atoms with Crippen LogP contribution < -0.4 is 0 Å². The van der Waals surface area contributed by atoms with Crippen molar-refractivity contribution in [3.63, 3.8) is 0 Å². The van der Waals surface area contributed by atoms with Crippen LogP contribution in [0, 0.1) is 0 Å². The molecule has 0 spiro atoms. The molecule has 0 N–H and O–H groups in total. The summed E-state index contributed by atoms with van der Waals surface area (Å²) in [6.07, 6.45) is 5.86. The lowest BCUT2D eigenvalue weighted by Gasteiger charge is -2.24. The molecule has 0 atom stereocenters. The maximum Gasteiger partial charge on any atom is 0.206 e. The van der Waals surface area contributed by atoms with Gasteiger partial charge >= 0.3 is 0 Å². The minimum absolute atomic E-state index is 0.383. The van der Waals surface area contributed by atoms with Gasteiger partial charge in [0.2, 0.25) is 9.84 Å². The Balaban J connectivity index is 2.06. The van der Waals surface area contributed by atoms with Gasteiger partial charge in [0.25, 0.3) is 0 Å². The molecule has 0 radical (unpaired) electrons. The summed E-state index contributed by atoms with van der Waals surface area (Å²) in [6, 6.07) is 16.3. The van der Waals surface area contributed by atoms with Crippen molar-refractivity contribution >= 4 is 9.84 Å². The van der Waals surface area contributed by atoms with Crippen molar-refractivity contribution < 1.29 is 8.42 Å². The Morgan fingerprint density at radius 3 is 2.10 bits per heavy atom. The first-order valence-electron chi connectivity index (χ1n) is 7.58. The zero-order valence-corrected chi connectivity index (χ0v) is 12.9. The van der Waals surface area contributed by atoms with Gasteiger partial charge < -0.3 is 0 Å². The lowest BCUT2D eigenvalue weighted by atomic mass is 9.84. The Bertz CT molecular complexity index is 699. The maximum atomic E-state index is 12.9. The molecule has 0 amide bonds. The average molecular weight is 300 g/mol. The molecule has 110 valence electrons. The van der Waals surface area contributed by atoms with Gasteiger partial charge in [-0.2, -0.15) is 0 Å². The molecule has 0 saturated heterocycles. The highest BCUT2D eigenvalue weighted by Gasteiger charge is 2.25. The van der Waals surface area contributed by atoms with E-state index >= 15 is 0 Å². The van der Waals surface area contributed by atoms with Gasteiger partial charge in [0.15, 0.2) is 0 Å². The Kier molecular flexibility index (Phi) is 4.11. The van der Waals surface area contributed by atoms with Gasteiger partial charge in [-0.15, -0.1) is 0 Å². The molecular weight excluding hydrogens is 280 g/mol. The summed E-state index contributed by atoms with van der Waals surface area (Å²) in [6.45, 7) is 0. The lowest BCUT2D eigenvalue weighted by Crippen LogP contribution is -2.11. The second-order valence-electron chi connectivity index (χ2n) is 5.69. The minimum Gasteiger partial charge on any atom is -0.219 e. The quantitative estimate of drug-likeness (QED) is 0.832. The summed E-state index contributed by atoms with van der Waals surface area (Å²) in [5.74, 6) is 0.383. The predicted octanol–water partition coefficient (Wildman–Crippen LogP) is 4.57. The molecular formula is C18H20O2S. The number of hydrogen-bond acceptors (Lipinski definition) is 2. The zero-order valence-electron chi connectivity index (χ0n) is 12.0. The Labute approximate surface area is 126 Å². The van der Waals surface area contributed by atoms with Crippen molar-refractivity contribution in [2.75, 3.05) is 0 Å². The molecule has 3 rings (SSSR count). The van der Waals surface area contributed by atoms with Crippen LogP contribution in [-0.4, -0.2) is 8.42 Å². The molecule has 1 aliphatic rings. The molecule has 1 aliphatic carbocycles. The van der Waals surface area contributed by atoms with Crippen LogP contribution in [0.25, 0.3) is 0 Å². The van der Waals surface area contributed by atoms with Crippen LogP contribution in [0.5, 0.6) is 0 Å². The molecule has 0 heterocycles. The van der Waals surface area contributed by atoms with Crippen LogP contribution >= 0.6 is 0 Å². The van der Waals surface area contributed by atoms with Crippen LogP contribution in [0.3, 0.4) is 0 Å². The van der Waals surface area contributed by atoms with E-state index in [-0.39, 0.29) is 0 Å². The van der Waals surface area contributed by atoms with Crippen molar-refractivity contribution in [2.24, 2.45) is 0 Å². The third-order valence-corrected chi connectivity index (χ3v) is 6.15. The molecule has 21 heavy (non-hydrogen) atoms. The molecule has 0 unspecified atom stereocenters. The van der Waals surface area contributed by atoms with Gasteiger partial charge in [-0.3, -0.25) is 0 Å². The van der Waals surface area contributed by atoms with Gasteiger partial charge in [0.1, 0.15) is 0 Å². The smallest absolute Gasteiger partial charge is 0.206 e. The Morgan fingerprint density at radius 1 is 0.762 bits per heavy atom. The minimum atomic E-state index is -3.42. The van der Waals surface area contributed by atoms with E-state index < -0.39 is 9.84 Å². The van der Waals surface area contributed by atoms with E-state index in [4.69, 9.17) is 0 Å². The first kappa shape index (κ1) is 14.3. The van der Waals surface area contributed by atoms with Crippen LogP contribution in [0.15, 0.2) is 64.4 Å². The average Bonchev–Trinajstić information content (AvgIpc) is 2.56. The number of hydrogen-bond donors (Lipinski definition) is 0. The highest BCUT2D eigenvalue weighted by molar-refractivity contribution is 7.91. The van der Waals surface area contributed by atoms with Gasteiger partial charge in [-0.05, 0) is 42.5 Å². The van der Waals surface area contributed by atoms with Crippen molar-refractivity contribution in [3.8, 4) is 0 Å². The number of rotatable bonds is 3. The Hall–Kier alpha value is -1.61. The van der Waals surface area contributed by atoms with Gasteiger partial charge in [0, 0.05) is 0 Å². The predicted molar refractivity (Wildman–Crippen MR) is 84.2 cm³/mol. The number of sulfone groups is 1. The van der Waals surface area contributed by atoms with Gasteiger partial charge in [-0.25, -0.2) is 8.42 Å². The van der Waals surface area contributed by atoms with Crippen molar-refractivity contribution in [1.29, 1.82) is 0 Å². The molecule has 2 aromatic rings. The second-order valence-corrected chi connectivity index (χ2v) is 7.61. The fraction of sp³-hybridized carbons (Fsp3) is 0.333. The molecule has 0 bridgehead atoms. The second kappa shape index (κ2) is 6.02. The van der Waals surface area contributed by atoms with Gasteiger partial charge in [-0.1, -0.05) is 55.7 Å². The van der Waals surface area contributed by atoms with E-state index in [1.165, 1.54) is 19.3 Å². The molecule has 0 aliphatic heterocycles. The fourth-order valence-electron chi connectivity index (χ4n) is 3.20. The fourth-order valence-corrected chi connectivity index (χ4v) is 4.77. The van der Waals surface area contributed by atoms with Crippen LogP contribution in [0.2, 0.25) is 0 Å². The molecule has 1 fully saturated rings. The van der Waals surface area contributed by atoms with E-state index in [1.807, 2.05) is 24.3 Å². The van der Waals surface area contributed by atoms with E-state index in [1.54, 1.807) is 30.3 Å². The van der Waals surface area contributed by atoms with Crippen molar-refractivity contribution in [3.05, 3.63) is 60.2 Å². The summed E-state index contributed by atoms with van der Waals surface area (Å²) >= 11 is 0. The van der Waals surface area contributed by atoms with Crippen LogP contribution in [-0.2, 0) is 9.84 Å². The Morgan fingerprint density at radius 2 is 1.38 bits per heavy atom. The highest BCUT2D eigenvalue weighted by atomic mass is 32.2. The summed E-state index contributed by atoms with van der Waals surface area (Å²) in [7, 11) is -3.42. The summed E-state index contributed by atoms with van der Waals surface area (Å²) in [5, 5.41) is 0. The summed E-state index contributed by atoms with van der Waals surface area (Å²) in [4.78, 5) is 0.872. The molecule has 2 aromatic carbocycles. The standard InChI is InChI=1S/C18H20O2S/c19-21(20,16-11-5-2-6-12-16)18-14-8-7-13-17(18)15-9-3-1-4-10-15/h2,5-8,11-15H,1,3-4,9-10H2. The van der Waals surface area contributed by atoms with E-state index in [2.05, 4.69) is 0 Å². The molecule has 1 saturated carbocycles. The normalized spacial score (nSPS) is 16.8. The summed E-state index contributed by atoms with van der Waals surface area (Å²) in [5.41, 5.74) is 1.00. The van der Waals surface area contributed by atoms with Gasteiger partial charge in [0.05, 0.1) is 9.79 Å². The van der Waals surface area contributed by atoms with E-state index in [9.17, 15) is 8.42 Å². The van der Waals surface area contributed by atoms with E-state index in [0.717, 1.165) is 18.4 Å².